The van der Waals surface area contributed by atoms with Gasteiger partial charge in [-0.1, -0.05) is 36.8 Å². The van der Waals surface area contributed by atoms with E-state index in [1.165, 1.54) is 12.0 Å². The number of methoxy groups -OCH3 is 1. The molecule has 3 fully saturated rings. The molecule has 158 valence electrons. The number of carbonyl (C=O) groups is 2. The van der Waals surface area contributed by atoms with Crippen molar-refractivity contribution in [3.8, 4) is 0 Å². The van der Waals surface area contributed by atoms with E-state index in [1.807, 2.05) is 11.0 Å². The second kappa shape index (κ2) is 8.86. The number of amides is 2. The minimum atomic E-state index is 0.0868. The van der Waals surface area contributed by atoms with E-state index in [0.29, 0.717) is 12.8 Å². The quantitative estimate of drug-likeness (QED) is 0.599. The van der Waals surface area contributed by atoms with Gasteiger partial charge in [0.05, 0.1) is 18.7 Å². The maximum Gasteiger partial charge on any atom is 0.225 e. The van der Waals surface area contributed by atoms with Crippen LogP contribution in [0.4, 0.5) is 0 Å². The molecule has 0 N–H and O–H groups in total. The summed E-state index contributed by atoms with van der Waals surface area (Å²) < 4.78 is 5.45. The maximum atomic E-state index is 12.8. The molecule has 0 bridgehead atoms. The van der Waals surface area contributed by atoms with Gasteiger partial charge in [0.15, 0.2) is 0 Å². The number of nitrogens with zero attached hydrogens (tertiary/aromatic N) is 2. The van der Waals surface area contributed by atoms with Crippen molar-refractivity contribution in [2.24, 2.45) is 5.41 Å². The molecule has 0 spiro atoms. The third-order valence-electron chi connectivity index (χ3n) is 7.25. The first kappa shape index (κ1) is 20.4. The standard InChI is InChI=1S/C24H34N2O3/c1-29-18-24(13-7-14-24)17-26-20-12-15-25(21(20)16-23(26)28)22(27)11-6-5-10-19-8-3-2-4-9-19/h2-4,8-9,20-21H,5-7,10-18H2,1H3/t20-,21-/m0/s1. The number of rotatable bonds is 9. The highest BCUT2D eigenvalue weighted by Crippen LogP contribution is 2.44. The summed E-state index contributed by atoms with van der Waals surface area (Å²) in [4.78, 5) is 29.7. The van der Waals surface area contributed by atoms with Gasteiger partial charge in [-0.2, -0.15) is 0 Å². The van der Waals surface area contributed by atoms with Crippen molar-refractivity contribution in [3.05, 3.63) is 35.9 Å². The molecule has 5 heteroatoms. The largest absolute Gasteiger partial charge is 0.384 e. The van der Waals surface area contributed by atoms with Crippen molar-refractivity contribution < 1.29 is 14.3 Å². The molecular formula is C24H34N2O3. The predicted octanol–water partition coefficient (Wildman–Crippen LogP) is 3.42. The van der Waals surface area contributed by atoms with E-state index in [2.05, 4.69) is 29.2 Å². The SMILES string of the molecule is COCC1(CN2C(=O)C[C@H]3[C@@H]2CCN3C(=O)CCCCc2ccccc2)CCC1. The zero-order valence-corrected chi connectivity index (χ0v) is 17.6. The summed E-state index contributed by atoms with van der Waals surface area (Å²) >= 11 is 0. The van der Waals surface area contributed by atoms with E-state index in [0.717, 1.165) is 58.2 Å². The van der Waals surface area contributed by atoms with Crippen LogP contribution in [0.5, 0.6) is 0 Å². The number of hydrogen-bond acceptors (Lipinski definition) is 3. The van der Waals surface area contributed by atoms with E-state index in [-0.39, 0.29) is 29.3 Å². The number of benzene rings is 1. The van der Waals surface area contributed by atoms with Crippen LogP contribution in [-0.2, 0) is 20.7 Å². The van der Waals surface area contributed by atoms with Crippen LogP contribution < -0.4 is 0 Å². The highest BCUT2D eigenvalue weighted by molar-refractivity contribution is 5.83. The molecule has 2 saturated heterocycles. The topological polar surface area (TPSA) is 49.9 Å². The van der Waals surface area contributed by atoms with Crippen molar-refractivity contribution >= 4 is 11.8 Å². The van der Waals surface area contributed by atoms with E-state index in [9.17, 15) is 9.59 Å². The molecular weight excluding hydrogens is 364 g/mol. The Labute approximate surface area is 174 Å². The molecule has 2 atom stereocenters. The van der Waals surface area contributed by atoms with E-state index >= 15 is 0 Å². The zero-order valence-electron chi connectivity index (χ0n) is 17.6. The monoisotopic (exact) mass is 398 g/mol. The van der Waals surface area contributed by atoms with Crippen molar-refractivity contribution in [3.63, 3.8) is 0 Å². The van der Waals surface area contributed by atoms with Crippen LogP contribution in [0.3, 0.4) is 0 Å². The number of carbonyl (C=O) groups excluding carboxylic acids is 2. The summed E-state index contributed by atoms with van der Waals surface area (Å²) in [5.74, 6) is 0.458. The predicted molar refractivity (Wildman–Crippen MR) is 112 cm³/mol. The lowest BCUT2D eigenvalue weighted by atomic mass is 9.69. The van der Waals surface area contributed by atoms with Gasteiger partial charge in [0.2, 0.25) is 11.8 Å². The lowest BCUT2D eigenvalue weighted by molar-refractivity contribution is -0.133. The molecule has 5 nitrogen and oxygen atoms in total. The minimum Gasteiger partial charge on any atom is -0.384 e. The fourth-order valence-electron chi connectivity index (χ4n) is 5.53. The van der Waals surface area contributed by atoms with E-state index in [1.54, 1.807) is 7.11 Å². The summed E-state index contributed by atoms with van der Waals surface area (Å²) in [6.07, 6.45) is 8.51. The van der Waals surface area contributed by atoms with Crippen molar-refractivity contribution in [2.45, 2.75) is 69.9 Å². The summed E-state index contributed by atoms with van der Waals surface area (Å²) in [6.45, 7) is 2.34. The Balaban J connectivity index is 1.27. The van der Waals surface area contributed by atoms with E-state index < -0.39 is 0 Å². The molecule has 1 aromatic rings. The van der Waals surface area contributed by atoms with Gasteiger partial charge >= 0.3 is 0 Å². The smallest absolute Gasteiger partial charge is 0.225 e. The van der Waals surface area contributed by atoms with Gasteiger partial charge < -0.3 is 14.5 Å². The average molecular weight is 399 g/mol. The molecule has 2 heterocycles. The van der Waals surface area contributed by atoms with Crippen LogP contribution >= 0.6 is 0 Å². The van der Waals surface area contributed by atoms with Gasteiger partial charge in [0, 0.05) is 38.5 Å². The summed E-state index contributed by atoms with van der Waals surface area (Å²) in [5.41, 5.74) is 1.48. The van der Waals surface area contributed by atoms with Crippen molar-refractivity contribution in [1.29, 1.82) is 0 Å². The Morgan fingerprint density at radius 1 is 1.17 bits per heavy atom. The molecule has 29 heavy (non-hydrogen) atoms. The van der Waals surface area contributed by atoms with Crippen molar-refractivity contribution in [2.75, 3.05) is 26.8 Å². The molecule has 2 aliphatic heterocycles. The van der Waals surface area contributed by atoms with Gasteiger partial charge in [-0.15, -0.1) is 0 Å². The molecule has 0 radical (unpaired) electrons. The highest BCUT2D eigenvalue weighted by atomic mass is 16.5. The van der Waals surface area contributed by atoms with Gasteiger partial charge in [-0.05, 0) is 44.1 Å². The van der Waals surface area contributed by atoms with Crippen LogP contribution in [0, 0.1) is 5.41 Å². The van der Waals surface area contributed by atoms with Crippen molar-refractivity contribution in [1.82, 2.24) is 9.80 Å². The lowest BCUT2D eigenvalue weighted by Gasteiger charge is -2.45. The second-order valence-electron chi connectivity index (χ2n) is 9.22. The Bertz CT molecular complexity index is 716. The van der Waals surface area contributed by atoms with Crippen LogP contribution in [0.2, 0.25) is 0 Å². The zero-order chi connectivity index (χ0) is 20.3. The average Bonchev–Trinajstić information content (AvgIpc) is 3.23. The molecule has 1 aliphatic carbocycles. The molecule has 0 unspecified atom stereocenters. The molecule has 2 amide bonds. The first-order valence-electron chi connectivity index (χ1n) is 11.2. The number of aryl methyl sites for hydroxylation is 1. The number of hydrogen-bond donors (Lipinski definition) is 0. The summed E-state index contributed by atoms with van der Waals surface area (Å²) in [7, 11) is 1.75. The van der Waals surface area contributed by atoms with Gasteiger partial charge in [-0.3, -0.25) is 9.59 Å². The van der Waals surface area contributed by atoms with Gasteiger partial charge in [0.25, 0.3) is 0 Å². The fourth-order valence-corrected chi connectivity index (χ4v) is 5.53. The maximum absolute atomic E-state index is 12.8. The fraction of sp³-hybridized carbons (Fsp3) is 0.667. The van der Waals surface area contributed by atoms with Crippen LogP contribution in [0.1, 0.15) is 56.9 Å². The highest BCUT2D eigenvalue weighted by Gasteiger charge is 2.51. The van der Waals surface area contributed by atoms with Crippen LogP contribution in [0.15, 0.2) is 30.3 Å². The van der Waals surface area contributed by atoms with E-state index in [4.69, 9.17) is 4.74 Å². The third kappa shape index (κ3) is 4.35. The number of unbranched alkanes of at least 4 members (excludes halogenated alkanes) is 1. The normalized spacial score (nSPS) is 25.2. The Kier molecular flexibility index (Phi) is 6.23. The number of likely N-dealkylation sites (tertiary alicyclic amines) is 2. The first-order valence-corrected chi connectivity index (χ1v) is 11.2. The van der Waals surface area contributed by atoms with Crippen LogP contribution in [-0.4, -0.2) is 60.5 Å². The molecule has 1 saturated carbocycles. The van der Waals surface area contributed by atoms with Crippen LogP contribution in [0.25, 0.3) is 0 Å². The van der Waals surface area contributed by atoms with Gasteiger partial charge in [-0.25, -0.2) is 0 Å². The first-order chi connectivity index (χ1) is 14.1. The summed E-state index contributed by atoms with van der Waals surface area (Å²) in [6, 6.07) is 10.7. The molecule has 1 aromatic carbocycles. The molecule has 4 rings (SSSR count). The Hall–Kier alpha value is -1.88. The molecule has 3 aliphatic rings. The number of fused-ring (bicyclic) bond motifs is 1. The third-order valence-corrected chi connectivity index (χ3v) is 7.25. The van der Waals surface area contributed by atoms with Gasteiger partial charge in [0.1, 0.15) is 0 Å². The Morgan fingerprint density at radius 3 is 2.66 bits per heavy atom. The molecule has 0 aromatic heterocycles. The summed E-state index contributed by atoms with van der Waals surface area (Å²) in [5, 5.41) is 0. The lowest BCUT2D eigenvalue weighted by Crippen LogP contribution is -2.49. The minimum absolute atomic E-state index is 0.0868. The second-order valence-corrected chi connectivity index (χ2v) is 9.22. The Morgan fingerprint density at radius 2 is 1.97 bits per heavy atom. The number of ether oxygens (including phenoxy) is 1.